The minimum atomic E-state index is -2.55. The topological polar surface area (TPSA) is 36.9 Å². The minimum absolute atomic E-state index is 0.148. The van der Waals surface area contributed by atoms with Crippen molar-refractivity contribution in [2.45, 2.75) is 106 Å². The van der Waals surface area contributed by atoms with E-state index in [4.69, 9.17) is 16.5 Å². The predicted molar refractivity (Wildman–Crippen MR) is 120 cm³/mol. The van der Waals surface area contributed by atoms with Crippen LogP contribution < -0.4 is 0 Å². The van der Waals surface area contributed by atoms with Crippen molar-refractivity contribution in [1.82, 2.24) is 0 Å². The Hall–Kier alpha value is 0.708. The number of hydrogen-bond donors (Lipinski definition) is 0. The molecule has 0 aliphatic carbocycles. The summed E-state index contributed by atoms with van der Waals surface area (Å²) in [4.78, 5) is 0. The van der Waals surface area contributed by atoms with E-state index in [-0.39, 0.29) is 10.8 Å². The van der Waals surface area contributed by atoms with Crippen molar-refractivity contribution in [2.24, 2.45) is 10.8 Å². The lowest BCUT2D eigenvalue weighted by Gasteiger charge is -2.53. The molecule has 0 radical (unpaired) electrons. The molecule has 0 N–H and O–H groups in total. The van der Waals surface area contributed by atoms with E-state index in [9.17, 15) is 0 Å². The summed E-state index contributed by atoms with van der Waals surface area (Å²) >= 11 is 0. The Morgan fingerprint density at radius 1 is 0.654 bits per heavy atom. The van der Waals surface area contributed by atoms with Crippen LogP contribution in [0.3, 0.4) is 0 Å². The number of hydrogen-bond acceptors (Lipinski definition) is 4. The second-order valence-electron chi connectivity index (χ2n) is 11.3. The maximum absolute atomic E-state index is 6.96. The lowest BCUT2D eigenvalue weighted by atomic mass is 9.78. The maximum Gasteiger partial charge on any atom is 0.321 e. The Morgan fingerprint density at radius 3 is 1.31 bits per heavy atom. The second kappa shape index (κ2) is 7.51. The first-order valence-corrected chi connectivity index (χ1v) is 20.9. The van der Waals surface area contributed by atoms with E-state index in [1.807, 2.05) is 0 Å². The van der Waals surface area contributed by atoms with E-state index in [1.54, 1.807) is 0 Å². The van der Waals surface area contributed by atoms with Gasteiger partial charge >= 0.3 is 34.2 Å². The summed E-state index contributed by atoms with van der Waals surface area (Å²) < 4.78 is 27.0. The molecule has 26 heavy (non-hydrogen) atoms. The monoisotopic (exact) mass is 436 g/mol. The average molecular weight is 437 g/mol. The molecule has 4 nitrogen and oxygen atoms in total. The van der Waals surface area contributed by atoms with Gasteiger partial charge < -0.3 is 16.5 Å². The van der Waals surface area contributed by atoms with Crippen molar-refractivity contribution in [3.8, 4) is 0 Å². The fourth-order valence-electron chi connectivity index (χ4n) is 4.42. The molecule has 0 spiro atoms. The van der Waals surface area contributed by atoms with Crippen LogP contribution in [0, 0.1) is 10.8 Å². The summed E-state index contributed by atoms with van der Waals surface area (Å²) in [6.07, 6.45) is 2.20. The van der Waals surface area contributed by atoms with E-state index in [2.05, 4.69) is 87.4 Å². The highest BCUT2D eigenvalue weighted by molar-refractivity contribution is 6.93. The second-order valence-corrected chi connectivity index (χ2v) is 25.7. The lowest BCUT2D eigenvalue weighted by Crippen LogP contribution is -2.67. The molecule has 0 bridgehead atoms. The van der Waals surface area contributed by atoms with Gasteiger partial charge in [0.2, 0.25) is 0 Å². The average Bonchev–Trinajstić information content (AvgIpc) is 2.28. The Morgan fingerprint density at radius 2 is 1.00 bits per heavy atom. The van der Waals surface area contributed by atoms with E-state index in [1.165, 1.54) is 0 Å². The first-order chi connectivity index (χ1) is 11.2. The highest BCUT2D eigenvalue weighted by atomic mass is 28.5. The Balaban J connectivity index is 3.44. The quantitative estimate of drug-likeness (QED) is 0.472. The highest BCUT2D eigenvalue weighted by Crippen LogP contribution is 2.51. The zero-order chi connectivity index (χ0) is 20.8. The lowest BCUT2D eigenvalue weighted by molar-refractivity contribution is 0.172. The van der Waals surface area contributed by atoms with Crippen molar-refractivity contribution in [3.05, 3.63) is 0 Å². The van der Waals surface area contributed by atoms with Crippen molar-refractivity contribution in [2.75, 3.05) is 0 Å². The van der Waals surface area contributed by atoms with Gasteiger partial charge in [-0.15, -0.1) is 0 Å². The van der Waals surface area contributed by atoms with Crippen molar-refractivity contribution in [3.63, 3.8) is 0 Å². The zero-order valence-corrected chi connectivity index (χ0v) is 23.6. The summed E-state index contributed by atoms with van der Waals surface area (Å²) in [5.74, 6) is 0. The summed E-state index contributed by atoms with van der Waals surface area (Å²) in [7, 11) is -9.48. The number of rotatable bonds is 4. The highest BCUT2D eigenvalue weighted by Gasteiger charge is 2.58. The van der Waals surface area contributed by atoms with Gasteiger partial charge in [-0.25, -0.2) is 0 Å². The first-order valence-electron chi connectivity index (χ1n) is 10.0. The third-order valence-corrected chi connectivity index (χ3v) is 22.5. The SMILES string of the molecule is CCC(C)(C)C(CC(C)(C)C)[Si]1(C)O[Si](C)(C)O[Si](C)(C)O[Si](C)(C)O1. The van der Waals surface area contributed by atoms with Crippen LogP contribution >= 0.6 is 0 Å². The smallest absolute Gasteiger partial charge is 0.321 e. The van der Waals surface area contributed by atoms with Crippen LogP contribution in [-0.4, -0.2) is 34.2 Å². The van der Waals surface area contributed by atoms with Gasteiger partial charge in [0.15, 0.2) is 0 Å². The van der Waals surface area contributed by atoms with E-state index >= 15 is 0 Å². The molecule has 1 saturated heterocycles. The van der Waals surface area contributed by atoms with Crippen LogP contribution in [0.1, 0.15) is 54.4 Å². The summed E-state index contributed by atoms with van der Waals surface area (Å²) in [5.41, 5.74) is 0.749. The van der Waals surface area contributed by atoms with Gasteiger partial charge in [0.05, 0.1) is 0 Å². The van der Waals surface area contributed by atoms with Crippen molar-refractivity contribution >= 4 is 34.2 Å². The van der Waals surface area contributed by atoms with Crippen LogP contribution in [0.4, 0.5) is 0 Å². The minimum Gasteiger partial charge on any atom is -0.416 e. The van der Waals surface area contributed by atoms with Gasteiger partial charge in [-0.2, -0.15) is 0 Å². The molecule has 1 unspecified atom stereocenters. The van der Waals surface area contributed by atoms with Gasteiger partial charge in [0.1, 0.15) is 0 Å². The van der Waals surface area contributed by atoms with Crippen LogP contribution in [0.25, 0.3) is 0 Å². The first kappa shape index (κ1) is 24.7. The fourth-order valence-corrected chi connectivity index (χ4v) is 27.6. The van der Waals surface area contributed by atoms with Crippen LogP contribution in [0.2, 0.25) is 51.4 Å². The molecule has 1 fully saturated rings. The van der Waals surface area contributed by atoms with Gasteiger partial charge in [0.25, 0.3) is 0 Å². The van der Waals surface area contributed by atoms with E-state index in [0.717, 1.165) is 12.8 Å². The predicted octanol–water partition coefficient (Wildman–Crippen LogP) is 6.49. The molecule has 1 rings (SSSR count). The molecule has 1 aliphatic heterocycles. The zero-order valence-electron chi connectivity index (χ0n) is 19.6. The molecule has 0 aromatic rings. The Bertz CT molecular complexity index is 476. The van der Waals surface area contributed by atoms with E-state index in [0.29, 0.717) is 5.54 Å². The standard InChI is InChI=1S/C18H44O4Si4/c1-14-18(5,6)16(15-17(2,3)4)26(13)21-24(9,10)19-23(7,8)20-25(11,12)22-26/h16H,14-15H2,1-13H3. The molecular formula is C18H44O4Si4. The molecule has 8 heteroatoms. The summed E-state index contributed by atoms with van der Waals surface area (Å²) in [5, 5.41) is 0. The van der Waals surface area contributed by atoms with Gasteiger partial charge in [-0.05, 0) is 63.1 Å². The fraction of sp³-hybridized carbons (Fsp3) is 1.00. The largest absolute Gasteiger partial charge is 0.416 e. The molecule has 156 valence electrons. The van der Waals surface area contributed by atoms with Crippen LogP contribution in [0.15, 0.2) is 0 Å². The molecule has 0 amide bonds. The third kappa shape index (κ3) is 6.95. The third-order valence-electron chi connectivity index (χ3n) is 5.18. The molecule has 0 aromatic carbocycles. The van der Waals surface area contributed by atoms with Crippen LogP contribution in [-0.2, 0) is 16.5 Å². The molecule has 1 atom stereocenters. The van der Waals surface area contributed by atoms with Gasteiger partial charge in [0, 0.05) is 5.54 Å². The molecule has 0 aromatic heterocycles. The molecule has 0 saturated carbocycles. The molecular weight excluding hydrogens is 393 g/mol. The van der Waals surface area contributed by atoms with Gasteiger partial charge in [-0.3, -0.25) is 0 Å². The Kier molecular flexibility index (Phi) is 7.15. The van der Waals surface area contributed by atoms with Crippen LogP contribution in [0.5, 0.6) is 0 Å². The molecule has 1 aliphatic rings. The van der Waals surface area contributed by atoms with Crippen molar-refractivity contribution in [1.29, 1.82) is 0 Å². The summed E-state index contributed by atoms with van der Waals surface area (Å²) in [6, 6.07) is 0. The van der Waals surface area contributed by atoms with E-state index < -0.39 is 34.2 Å². The maximum atomic E-state index is 6.96. The normalized spacial score (nSPS) is 26.7. The van der Waals surface area contributed by atoms with Gasteiger partial charge in [-0.1, -0.05) is 48.0 Å². The molecule has 1 heterocycles. The Labute approximate surface area is 167 Å². The van der Waals surface area contributed by atoms with Crippen molar-refractivity contribution < 1.29 is 16.5 Å². The summed E-state index contributed by atoms with van der Waals surface area (Å²) in [6.45, 7) is 29.1.